The molecule has 0 atom stereocenters. The van der Waals surface area contributed by atoms with Crippen molar-refractivity contribution in [1.29, 1.82) is 0 Å². The van der Waals surface area contributed by atoms with Crippen LogP contribution in [0.15, 0.2) is 65.6 Å². The van der Waals surface area contributed by atoms with E-state index in [1.54, 1.807) is 54.6 Å². The molecule has 1 aliphatic heterocycles. The van der Waals surface area contributed by atoms with Crippen LogP contribution in [-0.2, 0) is 4.79 Å². The van der Waals surface area contributed by atoms with Crippen molar-refractivity contribution in [2.75, 3.05) is 4.90 Å². The van der Waals surface area contributed by atoms with Crippen LogP contribution in [-0.4, -0.2) is 16.2 Å². The molecule has 0 bridgehead atoms. The van der Waals surface area contributed by atoms with Crippen molar-refractivity contribution in [3.63, 3.8) is 0 Å². The molecule has 1 saturated heterocycles. The number of nitrogens with zero attached hydrogens (tertiary/aromatic N) is 1. The number of halogens is 4. The molecule has 0 aliphatic carbocycles. The minimum absolute atomic E-state index is 0.202. The van der Waals surface area contributed by atoms with Gasteiger partial charge in [-0.1, -0.05) is 82.5 Å². The van der Waals surface area contributed by atoms with Gasteiger partial charge in [-0.2, -0.15) is 0 Å². The van der Waals surface area contributed by atoms with Crippen LogP contribution < -0.4 is 9.64 Å². The Hall–Kier alpha value is -2.06. The summed E-state index contributed by atoms with van der Waals surface area (Å²) in [5, 5.41) is 1.34. The molecule has 4 rings (SSSR count). The lowest BCUT2D eigenvalue weighted by Crippen LogP contribution is -2.27. The number of amides is 1. The second kappa shape index (κ2) is 10.1. The van der Waals surface area contributed by atoms with Crippen molar-refractivity contribution in [1.82, 2.24) is 0 Å². The SMILES string of the molecule is O=C(Oc1ccc(/C=C2\SC(=S)N(c3ccc(Cl)c(Cl)c3)C2=O)cc1)c1ccc(Cl)cc1Cl. The minimum Gasteiger partial charge on any atom is -0.423 e. The Bertz CT molecular complexity index is 1330. The number of hydrogen-bond donors (Lipinski definition) is 0. The summed E-state index contributed by atoms with van der Waals surface area (Å²) in [5.74, 6) is -0.547. The molecule has 4 nitrogen and oxygen atoms in total. The second-order valence-electron chi connectivity index (χ2n) is 6.70. The Morgan fingerprint density at radius 3 is 2.30 bits per heavy atom. The molecular formula is C23H11Cl4NO3S2. The molecule has 3 aromatic rings. The summed E-state index contributed by atoms with van der Waals surface area (Å²) >= 11 is 30.5. The van der Waals surface area contributed by atoms with Gasteiger partial charge in [0, 0.05) is 5.02 Å². The molecule has 10 heteroatoms. The molecule has 0 unspecified atom stereocenters. The Labute approximate surface area is 219 Å². The van der Waals surface area contributed by atoms with Gasteiger partial charge in [0.1, 0.15) is 5.75 Å². The van der Waals surface area contributed by atoms with Crippen LogP contribution in [0.1, 0.15) is 15.9 Å². The van der Waals surface area contributed by atoms with Crippen LogP contribution in [0, 0.1) is 0 Å². The zero-order chi connectivity index (χ0) is 23.7. The largest absolute Gasteiger partial charge is 0.423 e. The van der Waals surface area contributed by atoms with Crippen molar-refractivity contribution in [3.05, 3.63) is 96.8 Å². The van der Waals surface area contributed by atoms with Crippen LogP contribution in [0.2, 0.25) is 20.1 Å². The van der Waals surface area contributed by atoms with Crippen LogP contribution in [0.25, 0.3) is 6.08 Å². The Morgan fingerprint density at radius 1 is 0.909 bits per heavy atom. The van der Waals surface area contributed by atoms with Gasteiger partial charge in [-0.05, 0) is 60.2 Å². The fourth-order valence-corrected chi connectivity index (χ4v) is 4.99. The predicted molar refractivity (Wildman–Crippen MR) is 140 cm³/mol. The van der Waals surface area contributed by atoms with Gasteiger partial charge in [-0.15, -0.1) is 0 Å². The minimum atomic E-state index is -0.605. The molecule has 0 aromatic heterocycles. The number of thiocarbonyl (C=S) groups is 1. The highest BCUT2D eigenvalue weighted by atomic mass is 35.5. The lowest BCUT2D eigenvalue weighted by molar-refractivity contribution is -0.113. The lowest BCUT2D eigenvalue weighted by Gasteiger charge is -2.15. The number of carbonyl (C=O) groups is 2. The maximum Gasteiger partial charge on any atom is 0.345 e. The smallest absolute Gasteiger partial charge is 0.345 e. The summed E-state index contributed by atoms with van der Waals surface area (Å²) in [6.45, 7) is 0. The standard InChI is InChI=1S/C23H11Cl4NO3S2/c24-13-3-7-16(18(26)10-13)22(30)31-15-5-1-12(2-6-15)9-20-21(29)28(23(32)33-20)14-4-8-17(25)19(27)11-14/h1-11H/b20-9-. The van der Waals surface area contributed by atoms with Crippen LogP contribution in [0.4, 0.5) is 5.69 Å². The topological polar surface area (TPSA) is 46.6 Å². The normalized spacial score (nSPS) is 14.8. The molecule has 33 heavy (non-hydrogen) atoms. The molecule has 1 fully saturated rings. The third kappa shape index (κ3) is 5.38. The van der Waals surface area contributed by atoms with E-state index < -0.39 is 5.97 Å². The number of anilines is 1. The quantitative estimate of drug-likeness (QED) is 0.142. The number of esters is 1. The molecule has 1 amide bonds. The molecule has 0 N–H and O–H groups in total. The fourth-order valence-electron chi connectivity index (χ4n) is 2.91. The van der Waals surface area contributed by atoms with Crippen LogP contribution in [0.5, 0.6) is 5.75 Å². The number of carbonyl (C=O) groups excluding carboxylic acids is 2. The van der Waals surface area contributed by atoms with E-state index in [0.29, 0.717) is 35.7 Å². The highest BCUT2D eigenvalue weighted by molar-refractivity contribution is 8.27. The Balaban J connectivity index is 1.49. The van der Waals surface area contributed by atoms with Gasteiger partial charge in [-0.3, -0.25) is 9.69 Å². The highest BCUT2D eigenvalue weighted by Crippen LogP contribution is 2.38. The summed E-state index contributed by atoms with van der Waals surface area (Å²) < 4.78 is 5.75. The first-order valence-corrected chi connectivity index (χ1v) is 12.0. The average Bonchev–Trinajstić information content (AvgIpc) is 3.04. The van der Waals surface area contributed by atoms with Gasteiger partial charge < -0.3 is 4.74 Å². The summed E-state index contributed by atoms with van der Waals surface area (Å²) in [6.07, 6.45) is 1.71. The number of hydrogen-bond acceptors (Lipinski definition) is 5. The number of benzene rings is 3. The Kier molecular flexibility index (Phi) is 7.34. The van der Waals surface area contributed by atoms with E-state index in [1.807, 2.05) is 0 Å². The first-order valence-electron chi connectivity index (χ1n) is 9.23. The number of rotatable bonds is 4. The van der Waals surface area contributed by atoms with E-state index in [-0.39, 0.29) is 16.5 Å². The summed E-state index contributed by atoms with van der Waals surface area (Å²) in [5.41, 5.74) is 1.48. The van der Waals surface area contributed by atoms with Gasteiger partial charge in [-0.25, -0.2) is 4.79 Å². The molecule has 0 radical (unpaired) electrons. The zero-order valence-electron chi connectivity index (χ0n) is 16.4. The molecule has 0 saturated carbocycles. The van der Waals surface area contributed by atoms with Gasteiger partial charge in [0.2, 0.25) is 0 Å². The third-order valence-corrected chi connectivity index (χ3v) is 7.08. The summed E-state index contributed by atoms with van der Waals surface area (Å²) in [7, 11) is 0. The molecular weight excluding hydrogens is 544 g/mol. The average molecular weight is 555 g/mol. The van der Waals surface area contributed by atoms with E-state index in [9.17, 15) is 9.59 Å². The molecule has 3 aromatic carbocycles. The van der Waals surface area contributed by atoms with E-state index in [1.165, 1.54) is 28.8 Å². The lowest BCUT2D eigenvalue weighted by atomic mass is 10.2. The molecule has 1 heterocycles. The first-order chi connectivity index (χ1) is 15.7. The van der Waals surface area contributed by atoms with Crippen LogP contribution >= 0.6 is 70.4 Å². The third-order valence-electron chi connectivity index (χ3n) is 4.49. The second-order valence-corrected chi connectivity index (χ2v) is 10.0. The monoisotopic (exact) mass is 553 g/mol. The van der Waals surface area contributed by atoms with Gasteiger partial charge >= 0.3 is 5.97 Å². The van der Waals surface area contributed by atoms with Gasteiger partial charge in [0.05, 0.1) is 31.2 Å². The maximum absolute atomic E-state index is 12.9. The predicted octanol–water partition coefficient (Wildman–Crippen LogP) is 7.93. The van der Waals surface area contributed by atoms with E-state index in [0.717, 1.165) is 5.56 Å². The fraction of sp³-hybridized carbons (Fsp3) is 0. The molecule has 1 aliphatic rings. The summed E-state index contributed by atoms with van der Waals surface area (Å²) in [4.78, 5) is 27.1. The first kappa shape index (κ1) is 24.1. The van der Waals surface area contributed by atoms with Crippen molar-refractivity contribution >= 4 is 98.3 Å². The van der Waals surface area contributed by atoms with Crippen LogP contribution in [0.3, 0.4) is 0 Å². The Morgan fingerprint density at radius 2 is 1.64 bits per heavy atom. The summed E-state index contributed by atoms with van der Waals surface area (Å²) in [6, 6.07) is 16.1. The van der Waals surface area contributed by atoms with Crippen molar-refractivity contribution in [2.24, 2.45) is 0 Å². The highest BCUT2D eigenvalue weighted by Gasteiger charge is 2.33. The number of ether oxygens (including phenoxy) is 1. The number of thioether (sulfide) groups is 1. The maximum atomic E-state index is 12.9. The zero-order valence-corrected chi connectivity index (χ0v) is 21.0. The van der Waals surface area contributed by atoms with Crippen molar-refractivity contribution in [3.8, 4) is 5.75 Å². The van der Waals surface area contributed by atoms with Crippen molar-refractivity contribution in [2.45, 2.75) is 0 Å². The van der Waals surface area contributed by atoms with Crippen molar-refractivity contribution < 1.29 is 14.3 Å². The van der Waals surface area contributed by atoms with E-state index >= 15 is 0 Å². The van der Waals surface area contributed by atoms with E-state index in [4.69, 9.17) is 63.4 Å². The molecule has 0 spiro atoms. The van der Waals surface area contributed by atoms with Gasteiger partial charge in [0.25, 0.3) is 5.91 Å². The van der Waals surface area contributed by atoms with E-state index in [2.05, 4.69) is 0 Å². The van der Waals surface area contributed by atoms with Gasteiger partial charge in [0.15, 0.2) is 4.32 Å². The molecule has 166 valence electrons.